The summed E-state index contributed by atoms with van der Waals surface area (Å²) in [6.07, 6.45) is 11.6. The lowest BCUT2D eigenvalue weighted by molar-refractivity contribution is -0.120. The van der Waals surface area contributed by atoms with E-state index in [9.17, 15) is 9.59 Å². The van der Waals surface area contributed by atoms with Gasteiger partial charge in [-0.3, -0.25) is 19.9 Å². The predicted octanol–water partition coefficient (Wildman–Crippen LogP) is 4.85. The second-order valence-corrected chi connectivity index (χ2v) is 9.12. The van der Waals surface area contributed by atoms with Crippen molar-refractivity contribution in [1.29, 1.82) is 0 Å². The van der Waals surface area contributed by atoms with Gasteiger partial charge in [0, 0.05) is 24.4 Å². The summed E-state index contributed by atoms with van der Waals surface area (Å²) < 4.78 is 0. The molecule has 35 heavy (non-hydrogen) atoms. The van der Waals surface area contributed by atoms with Crippen LogP contribution in [0.2, 0.25) is 0 Å². The van der Waals surface area contributed by atoms with Gasteiger partial charge >= 0.3 is 0 Å². The lowest BCUT2D eigenvalue weighted by Gasteiger charge is -2.17. The molecule has 1 aliphatic heterocycles. The molecule has 2 unspecified atom stereocenters. The summed E-state index contributed by atoms with van der Waals surface area (Å²) in [5, 5.41) is 6.30. The van der Waals surface area contributed by atoms with Crippen LogP contribution in [0.1, 0.15) is 38.3 Å². The lowest BCUT2D eigenvalue weighted by atomic mass is 10.0. The van der Waals surface area contributed by atoms with Crippen LogP contribution in [0.15, 0.2) is 95.2 Å². The van der Waals surface area contributed by atoms with Crippen molar-refractivity contribution < 1.29 is 9.59 Å². The Hall–Kier alpha value is -3.64. The minimum Gasteiger partial charge on any atom is -0.310 e. The van der Waals surface area contributed by atoms with E-state index in [1.54, 1.807) is 19.2 Å². The van der Waals surface area contributed by atoms with Crippen LogP contribution < -0.4 is 10.6 Å². The number of benzene rings is 1. The zero-order valence-electron chi connectivity index (χ0n) is 20.3. The molecule has 6 heteroatoms. The molecule has 0 spiro atoms. The molecule has 2 N–H and O–H groups in total. The quantitative estimate of drug-likeness (QED) is 0.609. The molecule has 0 bridgehead atoms. The highest BCUT2D eigenvalue weighted by molar-refractivity contribution is 5.97. The van der Waals surface area contributed by atoms with Gasteiger partial charge in [0.15, 0.2) is 5.78 Å². The largest absolute Gasteiger partial charge is 0.310 e. The SMILES string of the molecule is CC(=O)C(NCC1=NC/C=C2/C[C@H](C(=O)Nc3ccccn3)C/C2=C/C(C)/C=C\1)c1ccccc1. The molecule has 2 heterocycles. The number of rotatable bonds is 7. The maximum absolute atomic E-state index is 12.8. The Morgan fingerprint density at radius 1 is 1.06 bits per heavy atom. The molecule has 1 aliphatic carbocycles. The van der Waals surface area contributed by atoms with Crippen LogP contribution in [0.5, 0.6) is 0 Å². The Labute approximate surface area is 207 Å². The van der Waals surface area contributed by atoms with Crippen molar-refractivity contribution >= 4 is 23.2 Å². The highest BCUT2D eigenvalue weighted by atomic mass is 16.2. The summed E-state index contributed by atoms with van der Waals surface area (Å²) >= 11 is 0. The first kappa shape index (κ1) is 24.5. The first-order valence-electron chi connectivity index (χ1n) is 12.1. The number of aliphatic imine (C=N–C) groups is 1. The molecule has 0 radical (unpaired) electrons. The van der Waals surface area contributed by atoms with E-state index in [4.69, 9.17) is 4.99 Å². The Morgan fingerprint density at radius 3 is 2.57 bits per heavy atom. The van der Waals surface area contributed by atoms with Crippen LogP contribution in [-0.2, 0) is 9.59 Å². The van der Waals surface area contributed by atoms with Crippen molar-refractivity contribution in [1.82, 2.24) is 10.3 Å². The Kier molecular flexibility index (Phi) is 8.16. The van der Waals surface area contributed by atoms with E-state index in [1.165, 1.54) is 11.1 Å². The number of amides is 1. The molecular formula is C29H32N4O2. The number of allylic oxidation sites excluding steroid dienone is 4. The molecule has 1 saturated carbocycles. The standard InChI is InChI=1S/C29H32N4O2/c1-20-11-12-26(19-32-28(21(2)34)22-8-4-3-5-9-22)30-15-13-23-17-25(18-24(23)16-20)29(35)33-27-10-6-7-14-31-27/h3-14,16,20,25,28,32H,15,17-19H2,1-2H3,(H,31,33,35)/b12-11-,23-13-,24-16-,30-26?/t20?,25-,28?/m0/s1. The average molecular weight is 469 g/mol. The lowest BCUT2D eigenvalue weighted by Crippen LogP contribution is -2.31. The van der Waals surface area contributed by atoms with Crippen LogP contribution in [0, 0.1) is 11.8 Å². The molecule has 1 aromatic carbocycles. The molecule has 1 amide bonds. The Balaban J connectivity index is 1.44. The van der Waals surface area contributed by atoms with Crippen molar-refractivity contribution in [2.24, 2.45) is 16.8 Å². The molecule has 4 rings (SSSR count). The van der Waals surface area contributed by atoms with E-state index in [0.717, 1.165) is 17.7 Å². The maximum atomic E-state index is 12.8. The Bertz CT molecular complexity index is 1170. The van der Waals surface area contributed by atoms with Gasteiger partial charge in [-0.05, 0) is 60.6 Å². The Morgan fingerprint density at radius 2 is 1.83 bits per heavy atom. The number of aromatic nitrogens is 1. The van der Waals surface area contributed by atoms with Crippen LogP contribution in [0.3, 0.4) is 0 Å². The highest BCUT2D eigenvalue weighted by Crippen LogP contribution is 2.37. The number of Topliss-reactive ketones (excluding diaryl/α,β-unsaturated/α-hetero) is 1. The number of hydrogen-bond acceptors (Lipinski definition) is 5. The van der Waals surface area contributed by atoms with Crippen molar-refractivity contribution in [3.63, 3.8) is 0 Å². The van der Waals surface area contributed by atoms with Gasteiger partial charge in [0.1, 0.15) is 5.82 Å². The van der Waals surface area contributed by atoms with E-state index < -0.39 is 0 Å². The van der Waals surface area contributed by atoms with E-state index in [1.807, 2.05) is 48.5 Å². The summed E-state index contributed by atoms with van der Waals surface area (Å²) in [7, 11) is 0. The first-order valence-corrected chi connectivity index (χ1v) is 12.1. The summed E-state index contributed by atoms with van der Waals surface area (Å²) in [6, 6.07) is 14.9. The molecule has 3 atom stereocenters. The number of fused-ring (bicyclic) bond motifs is 1. The number of nitrogens with zero attached hydrogens (tertiary/aromatic N) is 2. The van der Waals surface area contributed by atoms with E-state index in [-0.39, 0.29) is 29.6 Å². The third-order valence-corrected chi connectivity index (χ3v) is 6.35. The molecule has 1 aromatic heterocycles. The minimum absolute atomic E-state index is 0.000596. The van der Waals surface area contributed by atoms with Crippen molar-refractivity contribution in [2.75, 3.05) is 18.4 Å². The molecule has 6 nitrogen and oxygen atoms in total. The third-order valence-electron chi connectivity index (χ3n) is 6.35. The van der Waals surface area contributed by atoms with Crippen molar-refractivity contribution in [3.05, 3.63) is 95.7 Å². The molecule has 0 saturated heterocycles. The average Bonchev–Trinajstić information content (AvgIpc) is 3.26. The number of ketones is 1. The van der Waals surface area contributed by atoms with E-state index in [0.29, 0.717) is 25.3 Å². The van der Waals surface area contributed by atoms with Gasteiger partial charge in [0.2, 0.25) is 5.91 Å². The number of anilines is 1. The normalized spacial score (nSPS) is 24.6. The zero-order chi connectivity index (χ0) is 24.6. The number of carbonyl (C=O) groups is 2. The van der Waals surface area contributed by atoms with Gasteiger partial charge in [0.25, 0.3) is 0 Å². The predicted molar refractivity (Wildman–Crippen MR) is 140 cm³/mol. The number of carbonyl (C=O) groups excluding carboxylic acids is 2. The molecular weight excluding hydrogens is 436 g/mol. The van der Waals surface area contributed by atoms with Gasteiger partial charge in [-0.1, -0.05) is 61.5 Å². The summed E-state index contributed by atoms with van der Waals surface area (Å²) in [4.78, 5) is 34.1. The minimum atomic E-state index is -0.363. The fourth-order valence-corrected chi connectivity index (χ4v) is 4.53. The maximum Gasteiger partial charge on any atom is 0.229 e. The molecule has 2 aliphatic rings. The van der Waals surface area contributed by atoms with Gasteiger partial charge in [-0.2, -0.15) is 0 Å². The first-order chi connectivity index (χ1) is 17.0. The number of nitrogens with one attached hydrogen (secondary N) is 2. The summed E-state index contributed by atoms with van der Waals surface area (Å²) in [5.41, 5.74) is 4.26. The monoisotopic (exact) mass is 468 g/mol. The van der Waals surface area contributed by atoms with Crippen LogP contribution in [0.25, 0.3) is 0 Å². The van der Waals surface area contributed by atoms with Crippen molar-refractivity contribution in [3.8, 4) is 0 Å². The zero-order valence-corrected chi connectivity index (χ0v) is 20.3. The number of pyridine rings is 1. The van der Waals surface area contributed by atoms with Gasteiger partial charge in [-0.25, -0.2) is 4.98 Å². The van der Waals surface area contributed by atoms with Gasteiger partial charge < -0.3 is 5.32 Å². The topological polar surface area (TPSA) is 83.5 Å². The smallest absolute Gasteiger partial charge is 0.229 e. The number of hydrogen-bond donors (Lipinski definition) is 2. The van der Waals surface area contributed by atoms with Crippen LogP contribution >= 0.6 is 0 Å². The van der Waals surface area contributed by atoms with Crippen molar-refractivity contribution in [2.45, 2.75) is 32.7 Å². The van der Waals surface area contributed by atoms with E-state index in [2.05, 4.69) is 40.8 Å². The second kappa shape index (κ2) is 11.7. The third kappa shape index (κ3) is 6.70. The second-order valence-electron chi connectivity index (χ2n) is 9.12. The highest BCUT2D eigenvalue weighted by Gasteiger charge is 2.30. The molecule has 2 aromatic rings. The summed E-state index contributed by atoms with van der Waals surface area (Å²) in [6.45, 7) is 4.77. The molecule has 180 valence electrons. The molecule has 1 fully saturated rings. The van der Waals surface area contributed by atoms with Gasteiger partial charge in [0.05, 0.1) is 12.6 Å². The summed E-state index contributed by atoms with van der Waals surface area (Å²) in [5.74, 6) is 0.742. The fourth-order valence-electron chi connectivity index (χ4n) is 4.53. The van der Waals surface area contributed by atoms with Crippen LogP contribution in [0.4, 0.5) is 5.82 Å². The van der Waals surface area contributed by atoms with Gasteiger partial charge in [-0.15, -0.1) is 0 Å². The van der Waals surface area contributed by atoms with Crippen LogP contribution in [-0.4, -0.2) is 35.5 Å². The van der Waals surface area contributed by atoms with E-state index >= 15 is 0 Å². The fraction of sp³-hybridized carbons (Fsp3) is 0.310.